The zero-order chi connectivity index (χ0) is 46.2. The number of fused-ring (bicyclic) bond motifs is 2. The number of aromatic nitrogens is 8. The molecule has 0 aliphatic carbocycles. The van der Waals surface area contributed by atoms with Gasteiger partial charge in [-0.1, -0.05) is 12.2 Å². The minimum Gasteiger partial charge on any atom is -0.494 e. The normalized spacial score (nSPS) is 12.3. The highest BCUT2D eigenvalue weighted by atomic mass is 16.5. The number of amides is 7. The van der Waals surface area contributed by atoms with Crippen molar-refractivity contribution in [1.82, 2.24) is 49.3 Å². The molecule has 0 bridgehead atoms. The highest BCUT2D eigenvalue weighted by Gasteiger charge is 2.25. The highest BCUT2D eigenvalue weighted by Crippen LogP contribution is 2.33. The Balaban J connectivity index is 1.17. The number of rotatable bonds is 19. The van der Waals surface area contributed by atoms with E-state index in [9.17, 15) is 33.6 Å². The topological polar surface area (TPSA) is 308 Å². The fourth-order valence-corrected chi connectivity index (χ4v) is 6.75. The number of nitrogens with two attached hydrogens (primary N) is 2. The van der Waals surface area contributed by atoms with Crippen molar-refractivity contribution in [2.24, 2.45) is 11.5 Å². The quantitative estimate of drug-likeness (QED) is 0.0509. The van der Waals surface area contributed by atoms with Gasteiger partial charge in [0, 0.05) is 75.3 Å². The number of primary amides is 2. The van der Waals surface area contributed by atoms with E-state index in [1.807, 2.05) is 0 Å². The maximum atomic E-state index is 13.4. The van der Waals surface area contributed by atoms with Gasteiger partial charge in [-0.25, -0.2) is 9.97 Å². The van der Waals surface area contributed by atoms with Gasteiger partial charge in [-0.05, 0) is 55.0 Å². The third-order valence-corrected chi connectivity index (χ3v) is 9.98. The molecule has 0 saturated heterocycles. The summed E-state index contributed by atoms with van der Waals surface area (Å²) in [6, 6.07) is 11.9. The van der Waals surface area contributed by atoms with E-state index in [2.05, 4.69) is 41.0 Å². The lowest BCUT2D eigenvalue weighted by molar-refractivity contribution is -0.138. The van der Waals surface area contributed by atoms with Crippen molar-refractivity contribution in [3.05, 3.63) is 108 Å². The van der Waals surface area contributed by atoms with Crippen LogP contribution in [0.2, 0.25) is 0 Å². The van der Waals surface area contributed by atoms with Crippen molar-refractivity contribution in [1.29, 1.82) is 0 Å². The van der Waals surface area contributed by atoms with Gasteiger partial charge < -0.3 is 35.0 Å². The second-order valence-corrected chi connectivity index (χ2v) is 14.2. The molecule has 0 fully saturated rings. The largest absolute Gasteiger partial charge is 0.494 e. The predicted molar refractivity (Wildman–Crippen MR) is 230 cm³/mol. The summed E-state index contributed by atoms with van der Waals surface area (Å²) in [7, 11) is 3.00. The molecule has 7 rings (SSSR count). The molecule has 0 atom stereocenters. The summed E-state index contributed by atoms with van der Waals surface area (Å²) in [5.41, 5.74) is 12.9. The van der Waals surface area contributed by atoms with Crippen LogP contribution < -0.4 is 31.6 Å². The van der Waals surface area contributed by atoms with Crippen LogP contribution in [0.4, 0.5) is 11.9 Å². The predicted octanol–water partition coefficient (Wildman–Crippen LogP) is 1.48. The van der Waals surface area contributed by atoms with Crippen LogP contribution in [0.1, 0.15) is 54.5 Å². The summed E-state index contributed by atoms with van der Waals surface area (Å²) in [6.07, 6.45) is 8.91. The Hall–Kier alpha value is -8.89. The lowest BCUT2D eigenvalue weighted by atomic mass is 10.1. The number of hydrogen-bond donors (Lipinski definition) is 4. The summed E-state index contributed by atoms with van der Waals surface area (Å²) in [5.74, 6) is -3.38. The summed E-state index contributed by atoms with van der Waals surface area (Å²) < 4.78 is 15.1. The van der Waals surface area contributed by atoms with E-state index in [0.717, 1.165) is 17.1 Å². The van der Waals surface area contributed by atoms with Gasteiger partial charge in [0.2, 0.25) is 29.6 Å². The molecule has 7 amide bonds. The Morgan fingerprint density at radius 2 is 1.26 bits per heavy atom. The Morgan fingerprint density at radius 3 is 1.74 bits per heavy atom. The lowest BCUT2D eigenvalue weighted by Crippen LogP contribution is -2.36. The van der Waals surface area contributed by atoms with Crippen LogP contribution in [0, 0.1) is 0 Å². The molecule has 332 valence electrons. The van der Waals surface area contributed by atoms with E-state index >= 15 is 0 Å². The maximum Gasteiger partial charge on any atom is 0.278 e. The van der Waals surface area contributed by atoms with E-state index in [1.54, 1.807) is 40.5 Å². The van der Waals surface area contributed by atoms with Gasteiger partial charge in [0.05, 0.1) is 24.8 Å². The number of hydrogen-bond acceptors (Lipinski definition) is 15. The number of carbonyl (C=O) groups is 7. The van der Waals surface area contributed by atoms with Crippen LogP contribution in [-0.4, -0.2) is 125 Å². The van der Waals surface area contributed by atoms with Crippen LogP contribution in [0.25, 0.3) is 22.1 Å². The Kier molecular flexibility index (Phi) is 13.2. The molecule has 6 N–H and O–H groups in total. The SMILES string of the molecule is COc1cc(C(N)=O)cc2nc(NC(=O)c3cccnn3)n(C/C=C/Cn3c(NC(=O)c4cccnn4)nc4cc(C(N)=O)cc(OCCCN(C)C(=O)CCN5C(=O)C=CC5=O)c43)c12. The van der Waals surface area contributed by atoms with Crippen LogP contribution in [0.5, 0.6) is 11.5 Å². The van der Waals surface area contributed by atoms with Gasteiger partial charge in [-0.2, -0.15) is 10.2 Å². The zero-order valence-electron chi connectivity index (χ0n) is 34.8. The first kappa shape index (κ1) is 44.2. The van der Waals surface area contributed by atoms with Gasteiger partial charge in [0.15, 0.2) is 11.4 Å². The van der Waals surface area contributed by atoms with Crippen LogP contribution in [0.15, 0.2) is 85.2 Å². The number of allylic oxidation sites excluding steroid dienone is 2. The fourth-order valence-electron chi connectivity index (χ4n) is 6.75. The number of imide groups is 1. The van der Waals surface area contributed by atoms with Crippen molar-refractivity contribution < 1.29 is 43.0 Å². The molecule has 23 heteroatoms. The number of anilines is 2. The average molecular weight is 885 g/mol. The average Bonchev–Trinajstić information content (AvgIpc) is 3.95. The van der Waals surface area contributed by atoms with Gasteiger partial charge in [-0.3, -0.25) is 49.1 Å². The molecule has 4 aromatic heterocycles. The highest BCUT2D eigenvalue weighted by molar-refractivity contribution is 6.13. The van der Waals surface area contributed by atoms with Crippen molar-refractivity contribution in [2.45, 2.75) is 25.9 Å². The minimum atomic E-state index is -0.764. The molecule has 65 heavy (non-hydrogen) atoms. The van der Waals surface area contributed by atoms with Crippen molar-refractivity contribution in [3.63, 3.8) is 0 Å². The first-order valence-electron chi connectivity index (χ1n) is 19.8. The van der Waals surface area contributed by atoms with Crippen molar-refractivity contribution in [3.8, 4) is 11.5 Å². The lowest BCUT2D eigenvalue weighted by Gasteiger charge is -2.19. The second-order valence-electron chi connectivity index (χ2n) is 14.2. The summed E-state index contributed by atoms with van der Waals surface area (Å²) in [5, 5.41) is 20.8. The number of imidazole rings is 2. The Morgan fingerprint density at radius 1 is 0.754 bits per heavy atom. The molecule has 5 heterocycles. The summed E-state index contributed by atoms with van der Waals surface area (Å²) in [6.45, 7) is 0.376. The molecule has 1 aliphatic rings. The first-order valence-corrected chi connectivity index (χ1v) is 19.8. The second kappa shape index (κ2) is 19.4. The summed E-state index contributed by atoms with van der Waals surface area (Å²) >= 11 is 0. The third-order valence-electron chi connectivity index (χ3n) is 9.98. The Bertz CT molecular complexity index is 2890. The first-order chi connectivity index (χ1) is 31.3. The number of benzene rings is 2. The van der Waals surface area contributed by atoms with Crippen LogP contribution in [-0.2, 0) is 27.5 Å². The maximum absolute atomic E-state index is 13.4. The van der Waals surface area contributed by atoms with E-state index in [0.29, 0.717) is 23.0 Å². The molecule has 2 aromatic carbocycles. The van der Waals surface area contributed by atoms with Gasteiger partial charge in [-0.15, -0.1) is 10.2 Å². The standard InChI is InChI=1S/C42H40N14O9/c1-53(32(57)12-18-54-33(58)10-11-34(54)59)15-7-19-65-31-23-25(38(44)61)21-29-36(31)56(42(48-29)50-40(63)27-9-6-14-46-52-27)17-4-3-16-55-35-28(20-24(37(43)60)22-30(35)64-2)47-41(55)49-39(62)26-8-5-13-45-51-26/h3-6,8-11,13-14,20-23H,7,12,15-19H2,1-2H3,(H2,43,60)(H2,44,61)(H,47,49,62)(H,48,50,63)/b4-3+. The zero-order valence-corrected chi connectivity index (χ0v) is 34.8. The molecular weight excluding hydrogens is 845 g/mol. The fraction of sp³-hybridized carbons (Fsp3) is 0.214. The smallest absolute Gasteiger partial charge is 0.278 e. The molecular formula is C42H40N14O9. The minimum absolute atomic E-state index is 0.00129. The number of nitrogens with one attached hydrogen (secondary N) is 2. The monoisotopic (exact) mass is 884 g/mol. The molecule has 1 aliphatic heterocycles. The van der Waals surface area contributed by atoms with E-state index in [4.69, 9.17) is 20.9 Å². The molecule has 0 spiro atoms. The molecule has 0 saturated carbocycles. The summed E-state index contributed by atoms with van der Waals surface area (Å²) in [4.78, 5) is 99.6. The molecule has 6 aromatic rings. The molecule has 23 nitrogen and oxygen atoms in total. The Labute approximate surface area is 368 Å². The van der Waals surface area contributed by atoms with Gasteiger partial charge in [0.25, 0.3) is 23.6 Å². The van der Waals surface area contributed by atoms with Crippen LogP contribution >= 0.6 is 0 Å². The van der Waals surface area contributed by atoms with Crippen LogP contribution in [0.3, 0.4) is 0 Å². The number of ether oxygens (including phenoxy) is 2. The van der Waals surface area contributed by atoms with Gasteiger partial charge in [0.1, 0.15) is 22.5 Å². The third kappa shape index (κ3) is 9.93. The van der Waals surface area contributed by atoms with E-state index < -0.39 is 35.4 Å². The van der Waals surface area contributed by atoms with E-state index in [1.165, 1.54) is 60.8 Å². The van der Waals surface area contributed by atoms with Crippen molar-refractivity contribution in [2.75, 3.05) is 44.5 Å². The van der Waals surface area contributed by atoms with Gasteiger partial charge >= 0.3 is 0 Å². The molecule has 0 unspecified atom stereocenters. The number of nitrogens with zero attached hydrogens (tertiary/aromatic N) is 10. The van der Waals surface area contributed by atoms with E-state index in [-0.39, 0.29) is 96.5 Å². The molecule has 0 radical (unpaired) electrons. The van der Waals surface area contributed by atoms with Crippen molar-refractivity contribution >= 4 is 75.3 Å². The number of methoxy groups -OCH3 is 1. The number of carbonyl (C=O) groups excluding carboxylic acids is 7.